The molecule has 1 aliphatic carbocycles. The third-order valence-electron chi connectivity index (χ3n) is 5.84. The number of hydrogen-bond donors (Lipinski definition) is 1. The van der Waals surface area contributed by atoms with Crippen molar-refractivity contribution in [2.75, 3.05) is 0 Å². The van der Waals surface area contributed by atoms with Crippen LogP contribution in [0.2, 0.25) is 0 Å². The van der Waals surface area contributed by atoms with E-state index >= 15 is 0 Å². The molecule has 4 rings (SSSR count). The predicted octanol–water partition coefficient (Wildman–Crippen LogP) is 3.84. The number of rotatable bonds is 4. The van der Waals surface area contributed by atoms with Gasteiger partial charge < -0.3 is 10.2 Å². The van der Waals surface area contributed by atoms with Crippen LogP contribution in [0, 0.1) is 5.92 Å². The molecule has 1 aliphatic heterocycles. The molecule has 1 N–H and O–H groups in total. The quantitative estimate of drug-likeness (QED) is 0.898. The Kier molecular flexibility index (Phi) is 5.23. The van der Waals surface area contributed by atoms with E-state index < -0.39 is 6.04 Å². The maximum absolute atomic E-state index is 13.5. The lowest BCUT2D eigenvalue weighted by Crippen LogP contribution is -2.61. The molecule has 0 spiro atoms. The van der Waals surface area contributed by atoms with Crippen LogP contribution < -0.4 is 5.32 Å². The molecule has 2 amide bonds. The Bertz CT molecular complexity index is 785. The van der Waals surface area contributed by atoms with Crippen LogP contribution in [-0.4, -0.2) is 22.8 Å². The fourth-order valence-corrected chi connectivity index (χ4v) is 4.44. The maximum atomic E-state index is 13.5. The zero-order valence-corrected chi connectivity index (χ0v) is 15.5. The van der Waals surface area contributed by atoms with E-state index in [1.165, 1.54) is 6.42 Å². The van der Waals surface area contributed by atoms with Crippen LogP contribution in [0.25, 0.3) is 0 Å². The average molecular weight is 362 g/mol. The van der Waals surface area contributed by atoms with Gasteiger partial charge in [0, 0.05) is 6.54 Å². The smallest absolute Gasteiger partial charge is 0.248 e. The third kappa shape index (κ3) is 3.75. The van der Waals surface area contributed by atoms with Gasteiger partial charge in [0.2, 0.25) is 11.8 Å². The zero-order chi connectivity index (χ0) is 18.6. The van der Waals surface area contributed by atoms with Gasteiger partial charge in [0.1, 0.15) is 12.1 Å². The molecule has 0 aromatic heterocycles. The summed E-state index contributed by atoms with van der Waals surface area (Å²) >= 11 is 0. The minimum atomic E-state index is -0.571. The Labute approximate surface area is 160 Å². The van der Waals surface area contributed by atoms with Crippen molar-refractivity contribution in [2.45, 2.75) is 50.7 Å². The van der Waals surface area contributed by atoms with E-state index in [2.05, 4.69) is 5.32 Å². The molecule has 2 fully saturated rings. The fraction of sp³-hybridized carbons (Fsp3) is 0.391. The Hall–Kier alpha value is -2.62. The van der Waals surface area contributed by atoms with Crippen LogP contribution in [-0.2, 0) is 16.1 Å². The van der Waals surface area contributed by atoms with Gasteiger partial charge in [0.05, 0.1) is 0 Å². The minimum Gasteiger partial charge on any atom is -0.342 e. The number of carbonyl (C=O) groups is 2. The summed E-state index contributed by atoms with van der Waals surface area (Å²) < 4.78 is 0. The number of hydrogen-bond acceptors (Lipinski definition) is 2. The minimum absolute atomic E-state index is 0.0548. The molecule has 0 radical (unpaired) electrons. The van der Waals surface area contributed by atoms with Gasteiger partial charge in [-0.05, 0) is 29.9 Å². The van der Waals surface area contributed by atoms with Crippen LogP contribution in [0.3, 0.4) is 0 Å². The molecule has 4 nitrogen and oxygen atoms in total. The first-order valence-electron chi connectivity index (χ1n) is 9.94. The Morgan fingerprint density at radius 3 is 2.15 bits per heavy atom. The average Bonchev–Trinajstić information content (AvgIpc) is 2.72. The molecule has 2 aromatic carbocycles. The lowest BCUT2D eigenvalue weighted by atomic mass is 9.81. The van der Waals surface area contributed by atoms with Crippen molar-refractivity contribution in [3.63, 3.8) is 0 Å². The molecule has 0 bridgehead atoms. The molecule has 1 heterocycles. The summed E-state index contributed by atoms with van der Waals surface area (Å²) in [5.74, 6) is 0.247. The molecule has 4 heteroatoms. The summed E-state index contributed by atoms with van der Waals surface area (Å²) in [5.41, 5.74) is 1.91. The molecular formula is C23H26N2O2. The van der Waals surface area contributed by atoms with Gasteiger partial charge in [-0.2, -0.15) is 0 Å². The van der Waals surface area contributed by atoms with Crippen LogP contribution >= 0.6 is 0 Å². The maximum Gasteiger partial charge on any atom is 0.248 e. The van der Waals surface area contributed by atoms with Crippen LogP contribution in [0.5, 0.6) is 0 Å². The molecular weight excluding hydrogens is 336 g/mol. The molecule has 2 aliphatic rings. The van der Waals surface area contributed by atoms with Crippen molar-refractivity contribution >= 4 is 11.8 Å². The van der Waals surface area contributed by atoms with E-state index in [-0.39, 0.29) is 23.8 Å². The molecule has 140 valence electrons. The van der Waals surface area contributed by atoms with Crippen molar-refractivity contribution in [1.82, 2.24) is 10.2 Å². The highest BCUT2D eigenvalue weighted by atomic mass is 16.2. The number of amides is 2. The van der Waals surface area contributed by atoms with Gasteiger partial charge in [-0.15, -0.1) is 0 Å². The topological polar surface area (TPSA) is 49.4 Å². The van der Waals surface area contributed by atoms with E-state index in [1.807, 2.05) is 60.7 Å². The first-order chi connectivity index (χ1) is 13.2. The summed E-state index contributed by atoms with van der Waals surface area (Å²) in [4.78, 5) is 28.3. The number of benzene rings is 2. The predicted molar refractivity (Wildman–Crippen MR) is 105 cm³/mol. The third-order valence-corrected chi connectivity index (χ3v) is 5.84. The zero-order valence-electron chi connectivity index (χ0n) is 15.5. The second-order valence-corrected chi connectivity index (χ2v) is 7.65. The largest absolute Gasteiger partial charge is 0.342 e. The Balaban J connectivity index is 1.66. The van der Waals surface area contributed by atoms with Gasteiger partial charge in [0.25, 0.3) is 0 Å². The number of carbonyl (C=O) groups excluding carboxylic acids is 2. The molecule has 2 unspecified atom stereocenters. The van der Waals surface area contributed by atoms with Gasteiger partial charge in [-0.25, -0.2) is 0 Å². The number of nitrogens with one attached hydrogen (secondary N) is 1. The van der Waals surface area contributed by atoms with Crippen molar-refractivity contribution in [1.29, 1.82) is 0 Å². The fourth-order valence-electron chi connectivity index (χ4n) is 4.44. The summed E-state index contributed by atoms with van der Waals surface area (Å²) in [7, 11) is 0. The van der Waals surface area contributed by atoms with Gasteiger partial charge in [-0.3, -0.25) is 9.59 Å². The van der Waals surface area contributed by atoms with Crippen molar-refractivity contribution in [3.8, 4) is 0 Å². The van der Waals surface area contributed by atoms with E-state index in [9.17, 15) is 9.59 Å². The van der Waals surface area contributed by atoms with E-state index in [0.717, 1.165) is 36.8 Å². The van der Waals surface area contributed by atoms with Crippen molar-refractivity contribution in [2.24, 2.45) is 5.92 Å². The Morgan fingerprint density at radius 2 is 1.48 bits per heavy atom. The van der Waals surface area contributed by atoms with Crippen molar-refractivity contribution < 1.29 is 9.59 Å². The van der Waals surface area contributed by atoms with Gasteiger partial charge in [0.15, 0.2) is 0 Å². The van der Waals surface area contributed by atoms with E-state index in [0.29, 0.717) is 6.54 Å². The summed E-state index contributed by atoms with van der Waals surface area (Å²) in [6, 6.07) is 18.6. The lowest BCUT2D eigenvalue weighted by Gasteiger charge is -2.42. The highest BCUT2D eigenvalue weighted by Gasteiger charge is 2.44. The SMILES string of the molecule is O=C1NC(C2CCCCC2)C(=O)N(Cc2ccccc2)C1c1ccccc1. The highest BCUT2D eigenvalue weighted by molar-refractivity contribution is 5.97. The van der Waals surface area contributed by atoms with E-state index in [1.54, 1.807) is 4.90 Å². The number of piperazine rings is 1. The van der Waals surface area contributed by atoms with E-state index in [4.69, 9.17) is 0 Å². The normalized spacial score (nSPS) is 23.9. The van der Waals surface area contributed by atoms with Crippen molar-refractivity contribution in [3.05, 3.63) is 71.8 Å². The Morgan fingerprint density at radius 1 is 0.852 bits per heavy atom. The van der Waals surface area contributed by atoms with Crippen LogP contribution in [0.1, 0.15) is 49.3 Å². The van der Waals surface area contributed by atoms with Crippen LogP contribution in [0.4, 0.5) is 0 Å². The summed E-state index contributed by atoms with van der Waals surface area (Å²) in [6.07, 6.45) is 5.56. The second-order valence-electron chi connectivity index (χ2n) is 7.65. The highest BCUT2D eigenvalue weighted by Crippen LogP contribution is 2.33. The second kappa shape index (κ2) is 7.95. The first kappa shape index (κ1) is 17.8. The molecule has 27 heavy (non-hydrogen) atoms. The number of nitrogens with zero attached hydrogens (tertiary/aromatic N) is 1. The molecule has 1 saturated carbocycles. The lowest BCUT2D eigenvalue weighted by molar-refractivity contribution is -0.152. The molecule has 2 aromatic rings. The van der Waals surface area contributed by atoms with Crippen LogP contribution in [0.15, 0.2) is 60.7 Å². The summed E-state index contributed by atoms with van der Waals surface area (Å²) in [5, 5.41) is 3.07. The molecule has 2 atom stereocenters. The summed E-state index contributed by atoms with van der Waals surface area (Å²) in [6.45, 7) is 0.454. The standard InChI is InChI=1S/C23H26N2O2/c26-22-21(19-14-8-3-9-15-19)25(16-17-10-4-1-5-11-17)23(27)20(24-22)18-12-6-2-7-13-18/h1,3-5,8-11,14-15,18,20-21H,2,6-7,12-13,16H2,(H,24,26). The molecule has 1 saturated heterocycles. The van der Waals surface area contributed by atoms with Gasteiger partial charge in [-0.1, -0.05) is 79.9 Å². The first-order valence-corrected chi connectivity index (χ1v) is 9.94. The monoisotopic (exact) mass is 362 g/mol. The van der Waals surface area contributed by atoms with Gasteiger partial charge >= 0.3 is 0 Å².